The van der Waals surface area contributed by atoms with Gasteiger partial charge in [0.05, 0.1) is 25.7 Å². The molecule has 0 bridgehead atoms. The molecular formula is C16H22O4. The topological polar surface area (TPSA) is 55.8 Å². The molecule has 110 valence electrons. The Bertz CT molecular complexity index is 440. The van der Waals surface area contributed by atoms with Crippen molar-refractivity contribution in [3.8, 4) is 5.75 Å². The molecule has 0 amide bonds. The first-order chi connectivity index (χ1) is 9.63. The Morgan fingerprint density at radius 1 is 1.30 bits per heavy atom. The van der Waals surface area contributed by atoms with Crippen LogP contribution in [0.5, 0.6) is 5.75 Å². The maximum absolute atomic E-state index is 11.2. The van der Waals surface area contributed by atoms with Gasteiger partial charge in [-0.2, -0.15) is 0 Å². The fraction of sp³-hybridized carbons (Fsp3) is 0.562. The lowest BCUT2D eigenvalue weighted by Gasteiger charge is -2.12. The molecule has 1 fully saturated rings. The zero-order valence-electron chi connectivity index (χ0n) is 12.0. The van der Waals surface area contributed by atoms with Gasteiger partial charge in [-0.25, -0.2) is 0 Å². The fourth-order valence-electron chi connectivity index (χ4n) is 2.90. The van der Waals surface area contributed by atoms with E-state index >= 15 is 0 Å². The van der Waals surface area contributed by atoms with Crippen LogP contribution in [-0.2, 0) is 16.1 Å². The van der Waals surface area contributed by atoms with Crippen molar-refractivity contribution < 1.29 is 19.4 Å². The van der Waals surface area contributed by atoms with Crippen molar-refractivity contribution in [1.29, 1.82) is 0 Å². The van der Waals surface area contributed by atoms with Crippen LogP contribution in [0.1, 0.15) is 31.7 Å². The first-order valence-corrected chi connectivity index (χ1v) is 7.11. The maximum atomic E-state index is 11.2. The number of methoxy groups -OCH3 is 1. The van der Waals surface area contributed by atoms with Gasteiger partial charge in [0.25, 0.3) is 0 Å². The summed E-state index contributed by atoms with van der Waals surface area (Å²) in [7, 11) is 1.64. The van der Waals surface area contributed by atoms with Gasteiger partial charge in [0.15, 0.2) is 0 Å². The number of benzene rings is 1. The third-order valence-corrected chi connectivity index (χ3v) is 4.14. The molecule has 0 spiro atoms. The first kappa shape index (κ1) is 14.9. The smallest absolute Gasteiger partial charge is 0.306 e. The largest absolute Gasteiger partial charge is 0.497 e. The van der Waals surface area contributed by atoms with Gasteiger partial charge in [-0.1, -0.05) is 25.5 Å². The Morgan fingerprint density at radius 2 is 2.00 bits per heavy atom. The van der Waals surface area contributed by atoms with Crippen molar-refractivity contribution in [3.63, 3.8) is 0 Å². The Hall–Kier alpha value is -1.55. The van der Waals surface area contributed by atoms with E-state index in [4.69, 9.17) is 9.47 Å². The van der Waals surface area contributed by atoms with E-state index in [2.05, 4.69) is 0 Å². The quantitative estimate of drug-likeness (QED) is 0.868. The predicted octanol–water partition coefficient (Wildman–Crippen LogP) is 3.10. The summed E-state index contributed by atoms with van der Waals surface area (Å²) in [6, 6.07) is 7.75. The van der Waals surface area contributed by atoms with E-state index in [1.807, 2.05) is 31.2 Å². The second-order valence-corrected chi connectivity index (χ2v) is 5.37. The van der Waals surface area contributed by atoms with Crippen LogP contribution in [0.4, 0.5) is 0 Å². The minimum atomic E-state index is -0.688. The van der Waals surface area contributed by atoms with E-state index in [9.17, 15) is 9.90 Å². The lowest BCUT2D eigenvalue weighted by atomic mass is 9.94. The molecule has 0 aromatic heterocycles. The normalized spacial score (nSPS) is 25.6. The number of rotatable bonds is 6. The fourth-order valence-corrected chi connectivity index (χ4v) is 2.90. The van der Waals surface area contributed by atoms with Gasteiger partial charge in [0.2, 0.25) is 0 Å². The molecule has 1 N–H and O–H groups in total. The molecular weight excluding hydrogens is 256 g/mol. The highest BCUT2D eigenvalue weighted by molar-refractivity contribution is 5.70. The summed E-state index contributed by atoms with van der Waals surface area (Å²) >= 11 is 0. The zero-order chi connectivity index (χ0) is 14.5. The lowest BCUT2D eigenvalue weighted by Crippen LogP contribution is -2.17. The molecule has 0 radical (unpaired) electrons. The van der Waals surface area contributed by atoms with Gasteiger partial charge in [-0.3, -0.25) is 4.79 Å². The summed E-state index contributed by atoms with van der Waals surface area (Å²) in [6.45, 7) is 2.57. The van der Waals surface area contributed by atoms with Crippen LogP contribution < -0.4 is 4.74 Å². The number of hydrogen-bond donors (Lipinski definition) is 1. The van der Waals surface area contributed by atoms with Crippen LogP contribution in [0.25, 0.3) is 0 Å². The van der Waals surface area contributed by atoms with Gasteiger partial charge in [0, 0.05) is 0 Å². The molecule has 1 aromatic carbocycles. The van der Waals surface area contributed by atoms with E-state index in [1.54, 1.807) is 7.11 Å². The van der Waals surface area contributed by atoms with Crippen molar-refractivity contribution in [2.24, 2.45) is 11.8 Å². The molecule has 1 saturated carbocycles. The highest BCUT2D eigenvalue weighted by Gasteiger charge is 2.38. The second kappa shape index (κ2) is 6.75. The molecule has 1 aliphatic carbocycles. The standard InChI is InChI=1S/C16H22O4/c1-3-12-8-14(9-15(12)16(17)18)20-10-11-4-6-13(19-2)7-5-11/h4-7,12,14-15H,3,8-10H2,1-2H3,(H,17,18)/t12-,14+,15+/m1/s1. The highest BCUT2D eigenvalue weighted by atomic mass is 16.5. The number of carboxylic acids is 1. The molecule has 2 rings (SSSR count). The van der Waals surface area contributed by atoms with Crippen LogP contribution in [0.15, 0.2) is 24.3 Å². The summed E-state index contributed by atoms with van der Waals surface area (Å²) in [5, 5.41) is 9.21. The predicted molar refractivity (Wildman–Crippen MR) is 75.7 cm³/mol. The van der Waals surface area contributed by atoms with Crippen LogP contribution >= 0.6 is 0 Å². The lowest BCUT2D eigenvalue weighted by molar-refractivity contribution is -0.143. The summed E-state index contributed by atoms with van der Waals surface area (Å²) in [4.78, 5) is 11.2. The van der Waals surface area contributed by atoms with Gasteiger partial charge < -0.3 is 14.6 Å². The van der Waals surface area contributed by atoms with Gasteiger partial charge in [-0.05, 0) is 36.5 Å². The SMILES string of the molecule is CC[C@@H]1C[C@H](OCc2ccc(OC)cc2)C[C@@H]1C(=O)O. The van der Waals surface area contributed by atoms with Crippen LogP contribution in [-0.4, -0.2) is 24.3 Å². The van der Waals surface area contributed by atoms with Gasteiger partial charge in [0.1, 0.15) is 5.75 Å². The molecule has 4 nitrogen and oxygen atoms in total. The summed E-state index contributed by atoms with van der Waals surface area (Å²) in [5.41, 5.74) is 1.08. The first-order valence-electron chi connectivity index (χ1n) is 7.11. The van der Waals surface area contributed by atoms with Crippen molar-refractivity contribution >= 4 is 5.97 Å². The molecule has 3 atom stereocenters. The van der Waals surface area contributed by atoms with Crippen molar-refractivity contribution in [2.75, 3.05) is 7.11 Å². The van der Waals surface area contributed by atoms with Crippen LogP contribution in [0, 0.1) is 11.8 Å². The average Bonchev–Trinajstić information content (AvgIpc) is 2.89. The van der Waals surface area contributed by atoms with Crippen molar-refractivity contribution in [2.45, 2.75) is 38.9 Å². The summed E-state index contributed by atoms with van der Waals surface area (Å²) in [6.07, 6.45) is 2.44. The maximum Gasteiger partial charge on any atom is 0.306 e. The molecule has 0 heterocycles. The molecule has 0 saturated heterocycles. The van der Waals surface area contributed by atoms with E-state index in [-0.39, 0.29) is 17.9 Å². The number of ether oxygens (including phenoxy) is 2. The second-order valence-electron chi connectivity index (χ2n) is 5.37. The van der Waals surface area contributed by atoms with Crippen LogP contribution in [0.3, 0.4) is 0 Å². The highest BCUT2D eigenvalue weighted by Crippen LogP contribution is 2.36. The van der Waals surface area contributed by atoms with Gasteiger partial charge in [-0.15, -0.1) is 0 Å². The molecule has 20 heavy (non-hydrogen) atoms. The molecule has 0 aliphatic heterocycles. The van der Waals surface area contributed by atoms with E-state index in [0.717, 1.165) is 24.2 Å². The van der Waals surface area contributed by atoms with Crippen molar-refractivity contribution in [1.82, 2.24) is 0 Å². The van der Waals surface area contributed by atoms with E-state index in [1.165, 1.54) is 0 Å². The molecule has 1 aliphatic rings. The van der Waals surface area contributed by atoms with Crippen LogP contribution in [0.2, 0.25) is 0 Å². The molecule has 4 heteroatoms. The number of carbonyl (C=O) groups is 1. The number of carboxylic acid groups (broad SMARTS) is 1. The Morgan fingerprint density at radius 3 is 2.50 bits per heavy atom. The van der Waals surface area contributed by atoms with E-state index in [0.29, 0.717) is 13.0 Å². The zero-order valence-corrected chi connectivity index (χ0v) is 12.0. The van der Waals surface area contributed by atoms with E-state index < -0.39 is 5.97 Å². The third kappa shape index (κ3) is 3.51. The average molecular weight is 278 g/mol. The minimum absolute atomic E-state index is 0.0585. The minimum Gasteiger partial charge on any atom is -0.497 e. The van der Waals surface area contributed by atoms with Gasteiger partial charge >= 0.3 is 5.97 Å². The number of hydrogen-bond acceptors (Lipinski definition) is 3. The monoisotopic (exact) mass is 278 g/mol. The van der Waals surface area contributed by atoms with Crippen molar-refractivity contribution in [3.05, 3.63) is 29.8 Å². The Labute approximate surface area is 119 Å². The molecule has 1 aromatic rings. The summed E-state index contributed by atoms with van der Waals surface area (Å²) in [5.74, 6) is 0.133. The number of aliphatic carboxylic acids is 1. The Balaban J connectivity index is 1.86. The summed E-state index contributed by atoms with van der Waals surface area (Å²) < 4.78 is 11.0. The Kier molecular flexibility index (Phi) is 5.01. The molecule has 0 unspecified atom stereocenters. The third-order valence-electron chi connectivity index (χ3n) is 4.14.